The zero-order valence-corrected chi connectivity index (χ0v) is 14.7. The maximum absolute atomic E-state index is 5.74. The van der Waals surface area contributed by atoms with Crippen LogP contribution in [0, 0.1) is 0 Å². The SMILES string of the molecule is C=C(Br)COc1c(Br)cc(CNC2CC2)cc1OCC. The second kappa shape index (κ2) is 7.48. The van der Waals surface area contributed by atoms with Gasteiger partial charge in [0.1, 0.15) is 6.61 Å². The molecular weight excluding hydrogens is 386 g/mol. The van der Waals surface area contributed by atoms with Gasteiger partial charge in [-0.3, -0.25) is 0 Å². The number of benzene rings is 1. The second-order valence-electron chi connectivity index (χ2n) is 4.80. The Morgan fingerprint density at radius 1 is 1.40 bits per heavy atom. The van der Waals surface area contributed by atoms with Crippen molar-refractivity contribution in [3.05, 3.63) is 33.2 Å². The lowest BCUT2D eigenvalue weighted by Crippen LogP contribution is -2.15. The summed E-state index contributed by atoms with van der Waals surface area (Å²) >= 11 is 6.86. The largest absolute Gasteiger partial charge is 0.490 e. The first-order valence-electron chi connectivity index (χ1n) is 6.74. The molecule has 1 aromatic rings. The topological polar surface area (TPSA) is 30.5 Å². The first-order chi connectivity index (χ1) is 9.60. The Morgan fingerprint density at radius 2 is 2.15 bits per heavy atom. The van der Waals surface area contributed by atoms with E-state index in [1.807, 2.05) is 13.0 Å². The summed E-state index contributed by atoms with van der Waals surface area (Å²) in [7, 11) is 0. The van der Waals surface area contributed by atoms with Gasteiger partial charge in [0, 0.05) is 17.1 Å². The molecule has 1 N–H and O–H groups in total. The molecule has 3 nitrogen and oxygen atoms in total. The minimum absolute atomic E-state index is 0.415. The Hall–Kier alpha value is -0.520. The molecule has 0 amide bonds. The molecule has 20 heavy (non-hydrogen) atoms. The molecule has 0 saturated heterocycles. The van der Waals surface area contributed by atoms with Gasteiger partial charge in [0.2, 0.25) is 0 Å². The zero-order valence-electron chi connectivity index (χ0n) is 11.5. The van der Waals surface area contributed by atoms with E-state index in [0.717, 1.165) is 27.0 Å². The van der Waals surface area contributed by atoms with Crippen molar-refractivity contribution in [2.45, 2.75) is 32.4 Å². The molecular formula is C15H19Br2NO2. The maximum Gasteiger partial charge on any atom is 0.175 e. The Labute approximate surface area is 137 Å². The number of halogens is 2. The molecule has 1 aliphatic rings. The minimum atomic E-state index is 0.415. The van der Waals surface area contributed by atoms with E-state index in [1.54, 1.807) is 0 Å². The molecule has 1 aliphatic carbocycles. The molecule has 5 heteroatoms. The van der Waals surface area contributed by atoms with Crippen LogP contribution in [-0.2, 0) is 6.54 Å². The van der Waals surface area contributed by atoms with Crippen molar-refractivity contribution in [1.82, 2.24) is 5.32 Å². The normalized spacial score (nSPS) is 14.2. The van der Waals surface area contributed by atoms with Gasteiger partial charge in [-0.05, 0) is 53.4 Å². The number of nitrogens with one attached hydrogen (secondary N) is 1. The molecule has 2 rings (SSSR count). The van der Waals surface area contributed by atoms with Gasteiger partial charge < -0.3 is 14.8 Å². The van der Waals surface area contributed by atoms with Crippen molar-refractivity contribution in [2.24, 2.45) is 0 Å². The zero-order chi connectivity index (χ0) is 14.5. The summed E-state index contributed by atoms with van der Waals surface area (Å²) in [6.07, 6.45) is 2.57. The standard InChI is InChI=1S/C15H19Br2NO2/c1-3-19-14-7-11(8-18-12-4-5-12)6-13(17)15(14)20-9-10(2)16/h6-7,12,18H,2-5,8-9H2,1H3. The summed E-state index contributed by atoms with van der Waals surface area (Å²) in [5.74, 6) is 1.49. The van der Waals surface area contributed by atoms with Crippen LogP contribution in [0.15, 0.2) is 27.7 Å². The van der Waals surface area contributed by atoms with Gasteiger partial charge in [-0.1, -0.05) is 22.5 Å². The highest BCUT2D eigenvalue weighted by Gasteiger charge is 2.20. The first-order valence-corrected chi connectivity index (χ1v) is 8.33. The molecule has 0 aliphatic heterocycles. The summed E-state index contributed by atoms with van der Waals surface area (Å²) in [6.45, 7) is 7.62. The molecule has 0 radical (unpaired) electrons. The summed E-state index contributed by atoms with van der Waals surface area (Å²) in [4.78, 5) is 0. The van der Waals surface area contributed by atoms with Crippen LogP contribution in [0.5, 0.6) is 11.5 Å². The lowest BCUT2D eigenvalue weighted by atomic mass is 10.2. The second-order valence-corrected chi connectivity index (χ2v) is 6.77. The van der Waals surface area contributed by atoms with Crippen molar-refractivity contribution in [3.63, 3.8) is 0 Å². The smallest absolute Gasteiger partial charge is 0.175 e. The van der Waals surface area contributed by atoms with Crippen LogP contribution in [-0.4, -0.2) is 19.3 Å². The molecule has 1 fully saturated rings. The van der Waals surface area contributed by atoms with E-state index >= 15 is 0 Å². The summed E-state index contributed by atoms with van der Waals surface area (Å²) in [6, 6.07) is 4.80. The van der Waals surface area contributed by atoms with Crippen LogP contribution in [0.3, 0.4) is 0 Å². The van der Waals surface area contributed by atoms with E-state index in [-0.39, 0.29) is 0 Å². The predicted molar refractivity (Wildman–Crippen MR) is 88.7 cm³/mol. The van der Waals surface area contributed by atoms with Crippen LogP contribution < -0.4 is 14.8 Å². The van der Waals surface area contributed by atoms with Crippen LogP contribution >= 0.6 is 31.9 Å². The van der Waals surface area contributed by atoms with Crippen molar-refractivity contribution in [1.29, 1.82) is 0 Å². The number of hydrogen-bond acceptors (Lipinski definition) is 3. The van der Waals surface area contributed by atoms with E-state index in [0.29, 0.717) is 19.3 Å². The summed E-state index contributed by atoms with van der Waals surface area (Å²) in [5.41, 5.74) is 1.19. The highest BCUT2D eigenvalue weighted by Crippen LogP contribution is 2.37. The molecule has 0 heterocycles. The Morgan fingerprint density at radius 3 is 2.75 bits per heavy atom. The average molecular weight is 405 g/mol. The van der Waals surface area contributed by atoms with E-state index in [1.165, 1.54) is 18.4 Å². The minimum Gasteiger partial charge on any atom is -0.490 e. The van der Waals surface area contributed by atoms with E-state index < -0.39 is 0 Å². The van der Waals surface area contributed by atoms with Gasteiger partial charge in [-0.25, -0.2) is 0 Å². The summed E-state index contributed by atoms with van der Waals surface area (Å²) < 4.78 is 13.1. The molecule has 1 saturated carbocycles. The average Bonchev–Trinajstić information content (AvgIpc) is 3.19. The monoisotopic (exact) mass is 403 g/mol. The maximum atomic E-state index is 5.74. The molecule has 0 spiro atoms. The molecule has 0 atom stereocenters. The van der Waals surface area contributed by atoms with Gasteiger partial charge in [-0.2, -0.15) is 0 Å². The number of hydrogen-bond donors (Lipinski definition) is 1. The highest BCUT2D eigenvalue weighted by molar-refractivity contribution is 9.11. The Bertz CT molecular complexity index is 487. The van der Waals surface area contributed by atoms with Crippen molar-refractivity contribution in [2.75, 3.05) is 13.2 Å². The fraction of sp³-hybridized carbons (Fsp3) is 0.467. The molecule has 110 valence electrons. The molecule has 0 aromatic heterocycles. The van der Waals surface area contributed by atoms with Crippen molar-refractivity contribution < 1.29 is 9.47 Å². The number of rotatable bonds is 8. The van der Waals surface area contributed by atoms with Crippen LogP contribution in [0.25, 0.3) is 0 Å². The van der Waals surface area contributed by atoms with Gasteiger partial charge in [0.25, 0.3) is 0 Å². The predicted octanol–water partition coefficient (Wildman–Crippen LogP) is 4.39. The molecule has 1 aromatic carbocycles. The van der Waals surface area contributed by atoms with Crippen molar-refractivity contribution in [3.8, 4) is 11.5 Å². The Balaban J connectivity index is 2.13. The third-order valence-corrected chi connectivity index (χ3v) is 3.73. The van der Waals surface area contributed by atoms with Gasteiger partial charge in [-0.15, -0.1) is 0 Å². The van der Waals surface area contributed by atoms with Crippen LogP contribution in [0.4, 0.5) is 0 Å². The van der Waals surface area contributed by atoms with Crippen molar-refractivity contribution >= 4 is 31.9 Å². The van der Waals surface area contributed by atoms with Gasteiger partial charge in [0.05, 0.1) is 11.1 Å². The molecule has 0 unspecified atom stereocenters. The summed E-state index contributed by atoms with van der Waals surface area (Å²) in [5, 5.41) is 3.50. The van der Waals surface area contributed by atoms with Crippen LogP contribution in [0.1, 0.15) is 25.3 Å². The van der Waals surface area contributed by atoms with Gasteiger partial charge >= 0.3 is 0 Å². The third-order valence-electron chi connectivity index (χ3n) is 2.91. The Kier molecular flexibility index (Phi) is 5.93. The fourth-order valence-electron chi connectivity index (χ4n) is 1.83. The van der Waals surface area contributed by atoms with E-state index in [2.05, 4.69) is 49.8 Å². The first kappa shape index (κ1) is 15.9. The number of ether oxygens (including phenoxy) is 2. The lowest BCUT2D eigenvalue weighted by molar-refractivity contribution is 0.294. The quantitative estimate of drug-likeness (QED) is 0.696. The highest BCUT2D eigenvalue weighted by atomic mass is 79.9. The third kappa shape index (κ3) is 4.79. The van der Waals surface area contributed by atoms with Gasteiger partial charge in [0.15, 0.2) is 11.5 Å². The van der Waals surface area contributed by atoms with E-state index in [9.17, 15) is 0 Å². The van der Waals surface area contributed by atoms with Crippen LogP contribution in [0.2, 0.25) is 0 Å². The molecule has 0 bridgehead atoms. The van der Waals surface area contributed by atoms with E-state index in [4.69, 9.17) is 9.47 Å². The fourth-order valence-corrected chi connectivity index (χ4v) is 2.54. The lowest BCUT2D eigenvalue weighted by Gasteiger charge is -2.15.